The van der Waals surface area contributed by atoms with Crippen LogP contribution in [0, 0.1) is 19.8 Å². The van der Waals surface area contributed by atoms with Crippen LogP contribution < -0.4 is 5.32 Å². The highest BCUT2D eigenvalue weighted by atomic mass is 32.2. The van der Waals surface area contributed by atoms with Crippen molar-refractivity contribution in [3.8, 4) is 0 Å². The van der Waals surface area contributed by atoms with Crippen molar-refractivity contribution in [1.82, 2.24) is 10.2 Å². The van der Waals surface area contributed by atoms with Crippen molar-refractivity contribution in [1.29, 1.82) is 0 Å². The molecule has 2 aliphatic heterocycles. The Morgan fingerprint density at radius 3 is 2.48 bits per heavy atom. The monoisotopic (exact) mass is 445 g/mol. The fourth-order valence-corrected chi connectivity index (χ4v) is 5.76. The smallest absolute Gasteiger partial charge is 0.285 e. The van der Waals surface area contributed by atoms with Crippen molar-refractivity contribution < 1.29 is 13.2 Å². The number of piperidine rings is 1. The number of hydrogen-bond donors (Lipinski definition) is 1. The van der Waals surface area contributed by atoms with Crippen molar-refractivity contribution in [2.75, 3.05) is 13.1 Å². The third-order valence-corrected chi connectivity index (χ3v) is 7.96. The van der Waals surface area contributed by atoms with E-state index in [1.165, 1.54) is 0 Å². The highest BCUT2D eigenvalue weighted by Gasteiger charge is 2.35. The average Bonchev–Trinajstić information content (AvgIpc) is 2.97. The molecule has 170 valence electrons. The molecule has 0 aliphatic carbocycles. The summed E-state index contributed by atoms with van der Waals surface area (Å²) in [5.41, 5.74) is 3.60. The summed E-state index contributed by atoms with van der Waals surface area (Å²) in [6.07, 6.45) is 4.66. The lowest BCUT2D eigenvalue weighted by Gasteiger charge is -2.34. The molecule has 1 atom stereocenters. The first kappa shape index (κ1) is 23.5. The lowest BCUT2D eigenvalue weighted by molar-refractivity contribution is -0.125. The Hall–Kier alpha value is -2.15. The normalized spacial score (nSPS) is 20.0. The predicted octanol–water partition coefficient (Wildman–Crippen LogP) is 4.18. The van der Waals surface area contributed by atoms with E-state index >= 15 is 0 Å². The third kappa shape index (κ3) is 5.20. The minimum atomic E-state index is -3.71. The molecule has 1 amide bonds. The molecule has 1 aromatic rings. The highest BCUT2D eigenvalue weighted by molar-refractivity contribution is 8.00. The minimum absolute atomic E-state index is 0.0352. The summed E-state index contributed by atoms with van der Waals surface area (Å²) in [5, 5.41) is 3.18. The number of sulfonamides is 1. The molecule has 1 N–H and O–H groups in total. The Morgan fingerprint density at radius 1 is 1.19 bits per heavy atom. The van der Waals surface area contributed by atoms with Crippen molar-refractivity contribution in [2.45, 2.75) is 72.8 Å². The van der Waals surface area contributed by atoms with Crippen LogP contribution in [0.3, 0.4) is 0 Å². The van der Waals surface area contributed by atoms with E-state index in [0.29, 0.717) is 35.0 Å². The lowest BCUT2D eigenvalue weighted by atomic mass is 9.99. The van der Waals surface area contributed by atoms with Gasteiger partial charge in [0, 0.05) is 30.6 Å². The zero-order valence-corrected chi connectivity index (χ0v) is 20.2. The Morgan fingerprint density at radius 2 is 1.87 bits per heavy atom. The molecule has 0 aromatic heterocycles. The molecule has 0 unspecified atom stereocenters. The highest BCUT2D eigenvalue weighted by Crippen LogP contribution is 2.35. The van der Waals surface area contributed by atoms with Gasteiger partial charge in [-0.15, -0.1) is 4.40 Å². The summed E-state index contributed by atoms with van der Waals surface area (Å²) in [6, 6.07) is 5.87. The molecule has 2 aliphatic rings. The van der Waals surface area contributed by atoms with Gasteiger partial charge in [0.2, 0.25) is 5.91 Å². The summed E-state index contributed by atoms with van der Waals surface area (Å²) in [6.45, 7) is 11.3. The maximum Gasteiger partial charge on any atom is 0.285 e. The van der Waals surface area contributed by atoms with Gasteiger partial charge >= 0.3 is 0 Å². The number of nitrogens with zero attached hydrogens (tertiary/aromatic N) is 2. The lowest BCUT2D eigenvalue weighted by Crippen LogP contribution is -2.47. The van der Waals surface area contributed by atoms with Gasteiger partial charge in [0.15, 0.2) is 0 Å². The van der Waals surface area contributed by atoms with E-state index in [2.05, 4.69) is 16.6 Å². The van der Waals surface area contributed by atoms with E-state index in [-0.39, 0.29) is 17.9 Å². The van der Waals surface area contributed by atoms with Gasteiger partial charge in [0.1, 0.15) is 10.7 Å². The van der Waals surface area contributed by atoms with Crippen molar-refractivity contribution in [3.63, 3.8) is 0 Å². The summed E-state index contributed by atoms with van der Waals surface area (Å²) < 4.78 is 29.9. The number of unbranched alkanes of at least 4 members (excludes halogenated alkanes) is 1. The zero-order valence-electron chi connectivity index (χ0n) is 19.4. The summed E-state index contributed by atoms with van der Waals surface area (Å²) in [7, 11) is -3.71. The number of amidine groups is 1. The fraction of sp³-hybridized carbons (Fsp3) is 0.583. The largest absolute Gasteiger partial charge is 0.356 e. The summed E-state index contributed by atoms with van der Waals surface area (Å²) >= 11 is 0. The van der Waals surface area contributed by atoms with Gasteiger partial charge in [0.05, 0.1) is 0 Å². The van der Waals surface area contributed by atoms with Crippen molar-refractivity contribution in [3.05, 3.63) is 40.5 Å². The fourth-order valence-electron chi connectivity index (χ4n) is 4.29. The van der Waals surface area contributed by atoms with Crippen LogP contribution >= 0.6 is 0 Å². The van der Waals surface area contributed by atoms with Crippen LogP contribution in [0.5, 0.6) is 0 Å². The van der Waals surface area contributed by atoms with Crippen LogP contribution in [0.25, 0.3) is 4.91 Å². The molecule has 0 bridgehead atoms. The van der Waals surface area contributed by atoms with Gasteiger partial charge in [-0.2, -0.15) is 8.42 Å². The molecule has 7 heteroatoms. The molecule has 0 radical (unpaired) electrons. The molecular formula is C24H35N3O3S. The zero-order chi connectivity index (χ0) is 22.8. The van der Waals surface area contributed by atoms with Crippen molar-refractivity contribution in [2.24, 2.45) is 10.3 Å². The number of amides is 1. The minimum Gasteiger partial charge on any atom is -0.356 e. The predicted molar refractivity (Wildman–Crippen MR) is 126 cm³/mol. The second-order valence-corrected chi connectivity index (χ2v) is 10.5. The number of nitrogens with one attached hydrogen (secondary N) is 1. The Labute approximate surface area is 186 Å². The number of carbonyl (C=O) groups is 1. The molecule has 1 aromatic carbocycles. The maximum absolute atomic E-state index is 12.9. The number of benzene rings is 1. The summed E-state index contributed by atoms with van der Waals surface area (Å²) in [5.74, 6) is 0.711. The third-order valence-electron chi connectivity index (χ3n) is 6.49. The molecule has 2 heterocycles. The van der Waals surface area contributed by atoms with Gasteiger partial charge in [-0.05, 0) is 56.7 Å². The van der Waals surface area contributed by atoms with Crippen LogP contribution in [0.15, 0.2) is 28.2 Å². The van der Waals surface area contributed by atoms with Crippen LogP contribution in [0.1, 0.15) is 69.6 Å². The number of carbonyl (C=O) groups excluding carboxylic acids is 1. The first-order valence-electron chi connectivity index (χ1n) is 11.3. The maximum atomic E-state index is 12.9. The topological polar surface area (TPSA) is 78.8 Å². The number of hydrogen-bond acceptors (Lipinski definition) is 4. The van der Waals surface area contributed by atoms with E-state index in [0.717, 1.165) is 43.2 Å². The Bertz CT molecular complexity index is 1000. The van der Waals surface area contributed by atoms with Crippen LogP contribution in [0.2, 0.25) is 0 Å². The van der Waals surface area contributed by atoms with Gasteiger partial charge in [-0.25, -0.2) is 0 Å². The molecule has 31 heavy (non-hydrogen) atoms. The van der Waals surface area contributed by atoms with Crippen LogP contribution in [-0.4, -0.2) is 44.2 Å². The van der Waals surface area contributed by atoms with E-state index in [1.54, 1.807) is 0 Å². The molecule has 6 nitrogen and oxygen atoms in total. The second kappa shape index (κ2) is 9.55. The van der Waals surface area contributed by atoms with Crippen LogP contribution in [0.4, 0.5) is 0 Å². The van der Waals surface area contributed by atoms with E-state index in [9.17, 15) is 13.2 Å². The number of aryl methyl sites for hydroxylation is 2. The quantitative estimate of drug-likeness (QED) is 0.712. The molecule has 1 saturated heterocycles. The van der Waals surface area contributed by atoms with Crippen LogP contribution in [-0.2, 0) is 14.8 Å². The number of likely N-dealkylation sites (tertiary alicyclic amines) is 1. The van der Waals surface area contributed by atoms with Gasteiger partial charge in [-0.3, -0.25) is 4.79 Å². The Balaban J connectivity index is 1.68. The molecule has 3 rings (SSSR count). The molecule has 1 fully saturated rings. The average molecular weight is 446 g/mol. The Kier molecular flexibility index (Phi) is 7.24. The van der Waals surface area contributed by atoms with E-state index < -0.39 is 10.0 Å². The standard InChI is InChI=1S/C24H35N3O3S/c1-6-7-8-17(3)24(28)25-21-11-13-27(14-12-21)23-19(5)22(31(29,30)26-23)20-10-9-16(2)18(4)15-20/h9-10,15,17,21H,6-8,11-14H2,1-5H3,(H,25,28)/t17-/m0/s1. The number of rotatable bonds is 6. The second-order valence-electron chi connectivity index (χ2n) is 8.96. The van der Waals surface area contributed by atoms with E-state index in [1.807, 2.05) is 50.8 Å². The molecule has 0 spiro atoms. The molecular weight excluding hydrogens is 410 g/mol. The molecule has 0 saturated carbocycles. The van der Waals surface area contributed by atoms with Gasteiger partial charge < -0.3 is 10.2 Å². The van der Waals surface area contributed by atoms with Gasteiger partial charge in [-0.1, -0.05) is 44.9 Å². The van der Waals surface area contributed by atoms with Gasteiger partial charge in [0.25, 0.3) is 10.0 Å². The summed E-state index contributed by atoms with van der Waals surface area (Å²) in [4.78, 5) is 14.8. The van der Waals surface area contributed by atoms with Crippen molar-refractivity contribution >= 4 is 26.7 Å². The first-order chi connectivity index (χ1) is 14.6. The SMILES string of the molecule is CCCC[C@H](C)C(=O)NC1CCN(C2=NS(=O)(=O)C(c3ccc(C)c(C)c3)=C2C)CC1. The van der Waals surface area contributed by atoms with E-state index in [4.69, 9.17) is 0 Å². The first-order valence-corrected chi connectivity index (χ1v) is 12.8.